The van der Waals surface area contributed by atoms with Gasteiger partial charge in [0, 0.05) is 6.04 Å². The Bertz CT molecular complexity index is 354. The van der Waals surface area contributed by atoms with Crippen LogP contribution in [0.1, 0.15) is 31.9 Å². The van der Waals surface area contributed by atoms with Crippen LogP contribution >= 0.6 is 31.9 Å². The smallest absolute Gasteiger partial charge is 0.183 e. The summed E-state index contributed by atoms with van der Waals surface area (Å²) in [6, 6.07) is 2.64. The second-order valence-electron chi connectivity index (χ2n) is 4.83. The molecule has 2 rings (SSSR count). The van der Waals surface area contributed by atoms with E-state index in [1.165, 1.54) is 38.9 Å². The van der Waals surface area contributed by atoms with Crippen molar-refractivity contribution in [1.29, 1.82) is 0 Å². The number of nitrogens with one attached hydrogen (secondary N) is 1. The summed E-state index contributed by atoms with van der Waals surface area (Å²) in [5.41, 5.74) is 0. The summed E-state index contributed by atoms with van der Waals surface area (Å²) in [6.07, 6.45) is 3.73. The average molecular weight is 380 g/mol. The lowest BCUT2D eigenvalue weighted by Crippen LogP contribution is -2.42. The molecule has 1 aromatic heterocycles. The molecule has 1 N–H and O–H groups in total. The highest BCUT2D eigenvalue weighted by atomic mass is 79.9. The summed E-state index contributed by atoms with van der Waals surface area (Å²) in [6.45, 7) is 6.73. The third-order valence-electron chi connectivity index (χ3n) is 3.39. The number of rotatable bonds is 5. The zero-order valence-electron chi connectivity index (χ0n) is 10.7. The van der Waals surface area contributed by atoms with Crippen LogP contribution in [0.4, 0.5) is 0 Å². The van der Waals surface area contributed by atoms with Gasteiger partial charge >= 0.3 is 0 Å². The molecule has 2 heterocycles. The van der Waals surface area contributed by atoms with E-state index in [1.54, 1.807) is 0 Å². The van der Waals surface area contributed by atoms with Crippen molar-refractivity contribution in [3.8, 4) is 0 Å². The van der Waals surface area contributed by atoms with E-state index in [-0.39, 0.29) is 0 Å². The van der Waals surface area contributed by atoms with Gasteiger partial charge in [-0.3, -0.25) is 0 Å². The molecule has 102 valence electrons. The first-order chi connectivity index (χ1) is 8.69. The summed E-state index contributed by atoms with van der Waals surface area (Å²) in [5.74, 6) is 0.977. The van der Waals surface area contributed by atoms with Gasteiger partial charge in [0.1, 0.15) is 5.76 Å². The van der Waals surface area contributed by atoms with Crippen LogP contribution in [0.15, 0.2) is 19.6 Å². The maximum absolute atomic E-state index is 5.56. The van der Waals surface area contributed by atoms with Gasteiger partial charge in [-0.15, -0.1) is 0 Å². The molecule has 5 heteroatoms. The van der Waals surface area contributed by atoms with Crippen LogP contribution in [0.25, 0.3) is 0 Å². The van der Waals surface area contributed by atoms with Crippen LogP contribution in [0, 0.1) is 0 Å². The molecule has 0 amide bonds. The molecule has 1 fully saturated rings. The Morgan fingerprint density at radius 3 is 2.67 bits per heavy atom. The van der Waals surface area contributed by atoms with Gasteiger partial charge in [0.05, 0.1) is 11.0 Å². The van der Waals surface area contributed by atoms with Crippen LogP contribution in [0.2, 0.25) is 0 Å². The molecule has 0 aromatic carbocycles. The molecule has 3 nitrogen and oxygen atoms in total. The molecule has 0 aliphatic carbocycles. The van der Waals surface area contributed by atoms with Gasteiger partial charge in [-0.25, -0.2) is 0 Å². The third-order valence-corrected chi connectivity index (χ3v) is 5.10. The minimum Gasteiger partial charge on any atom is -0.452 e. The summed E-state index contributed by atoms with van der Waals surface area (Å²) in [4.78, 5) is 2.55. The SMILES string of the molecule is CCCN1CCC(NCc2cc(Br)c(Br)o2)CC1. The van der Waals surface area contributed by atoms with E-state index < -0.39 is 0 Å². The van der Waals surface area contributed by atoms with E-state index in [2.05, 4.69) is 49.0 Å². The predicted molar refractivity (Wildman–Crippen MR) is 80.7 cm³/mol. The van der Waals surface area contributed by atoms with Crippen molar-refractivity contribution in [3.05, 3.63) is 21.0 Å². The lowest BCUT2D eigenvalue weighted by Gasteiger charge is -2.32. The molecule has 0 saturated carbocycles. The van der Waals surface area contributed by atoms with Gasteiger partial charge in [0.25, 0.3) is 0 Å². The maximum Gasteiger partial charge on any atom is 0.183 e. The van der Waals surface area contributed by atoms with Crippen LogP contribution < -0.4 is 5.32 Å². The van der Waals surface area contributed by atoms with Crippen molar-refractivity contribution in [3.63, 3.8) is 0 Å². The Hall–Kier alpha value is 0.160. The third kappa shape index (κ3) is 4.08. The number of piperidine rings is 1. The van der Waals surface area contributed by atoms with Crippen LogP contribution in [-0.2, 0) is 6.54 Å². The van der Waals surface area contributed by atoms with Crippen molar-refractivity contribution in [1.82, 2.24) is 10.2 Å². The zero-order valence-corrected chi connectivity index (χ0v) is 13.9. The number of hydrogen-bond donors (Lipinski definition) is 1. The van der Waals surface area contributed by atoms with Crippen molar-refractivity contribution in [2.75, 3.05) is 19.6 Å². The normalized spacial score (nSPS) is 18.4. The molecule has 0 spiro atoms. The summed E-state index contributed by atoms with van der Waals surface area (Å²) in [5, 5.41) is 3.58. The second kappa shape index (κ2) is 7.08. The molecule has 1 aliphatic rings. The molecule has 1 saturated heterocycles. The van der Waals surface area contributed by atoms with Crippen LogP contribution in [-0.4, -0.2) is 30.6 Å². The summed E-state index contributed by atoms with van der Waals surface area (Å²) < 4.78 is 7.32. The molecule has 0 radical (unpaired) electrons. The molecule has 1 aromatic rings. The maximum atomic E-state index is 5.56. The largest absolute Gasteiger partial charge is 0.452 e. The summed E-state index contributed by atoms with van der Waals surface area (Å²) in [7, 11) is 0. The molecule has 1 aliphatic heterocycles. The first-order valence-electron chi connectivity index (χ1n) is 6.58. The number of nitrogens with zero attached hydrogens (tertiary/aromatic N) is 1. The van der Waals surface area contributed by atoms with Crippen LogP contribution in [0.3, 0.4) is 0 Å². The van der Waals surface area contributed by atoms with Gasteiger partial charge in [0.15, 0.2) is 4.67 Å². The Labute approximate surface area is 126 Å². The second-order valence-corrected chi connectivity index (χ2v) is 6.41. The Balaban J connectivity index is 1.72. The van der Waals surface area contributed by atoms with Gasteiger partial charge in [-0.05, 0) is 76.8 Å². The molecular weight excluding hydrogens is 360 g/mol. The minimum atomic E-state index is 0.626. The quantitative estimate of drug-likeness (QED) is 0.843. The fourth-order valence-corrected chi connectivity index (χ4v) is 3.06. The monoisotopic (exact) mass is 378 g/mol. The lowest BCUT2D eigenvalue weighted by molar-refractivity contribution is 0.196. The number of likely N-dealkylation sites (tertiary alicyclic amines) is 1. The van der Waals surface area contributed by atoms with Crippen molar-refractivity contribution >= 4 is 31.9 Å². The molecule has 18 heavy (non-hydrogen) atoms. The topological polar surface area (TPSA) is 28.4 Å². The zero-order chi connectivity index (χ0) is 13.0. The van der Waals surface area contributed by atoms with E-state index in [1.807, 2.05) is 6.07 Å². The van der Waals surface area contributed by atoms with Crippen molar-refractivity contribution < 1.29 is 4.42 Å². The summed E-state index contributed by atoms with van der Waals surface area (Å²) >= 11 is 6.79. The first-order valence-corrected chi connectivity index (χ1v) is 8.17. The van der Waals surface area contributed by atoms with E-state index in [0.29, 0.717) is 6.04 Å². The molecule has 0 bridgehead atoms. The number of halogens is 2. The van der Waals surface area contributed by atoms with Gasteiger partial charge < -0.3 is 14.6 Å². The fraction of sp³-hybridized carbons (Fsp3) is 0.692. The highest BCUT2D eigenvalue weighted by Gasteiger charge is 2.18. The van der Waals surface area contributed by atoms with E-state index in [0.717, 1.165) is 21.4 Å². The first kappa shape index (κ1) is 14.6. The lowest BCUT2D eigenvalue weighted by atomic mass is 10.0. The molecule has 0 unspecified atom stereocenters. The Kier molecular flexibility index (Phi) is 5.73. The number of hydrogen-bond acceptors (Lipinski definition) is 3. The van der Waals surface area contributed by atoms with Gasteiger partial charge in [0.2, 0.25) is 0 Å². The highest BCUT2D eigenvalue weighted by Crippen LogP contribution is 2.26. The standard InChI is InChI=1S/C13H20Br2N2O/c1-2-5-17-6-3-10(4-7-17)16-9-11-8-12(14)13(15)18-11/h8,10,16H,2-7,9H2,1H3. The Morgan fingerprint density at radius 2 is 2.11 bits per heavy atom. The van der Waals surface area contributed by atoms with Crippen molar-refractivity contribution in [2.45, 2.75) is 38.8 Å². The van der Waals surface area contributed by atoms with Gasteiger partial charge in [-0.1, -0.05) is 6.92 Å². The predicted octanol–water partition coefficient (Wildman–Crippen LogP) is 3.77. The highest BCUT2D eigenvalue weighted by molar-refractivity contribution is 9.13. The molecule has 0 atom stereocenters. The van der Waals surface area contributed by atoms with E-state index in [9.17, 15) is 0 Å². The van der Waals surface area contributed by atoms with Gasteiger partial charge in [-0.2, -0.15) is 0 Å². The number of furan rings is 1. The van der Waals surface area contributed by atoms with Crippen LogP contribution in [0.5, 0.6) is 0 Å². The molecular formula is C13H20Br2N2O. The minimum absolute atomic E-state index is 0.626. The average Bonchev–Trinajstić information content (AvgIpc) is 2.68. The Morgan fingerprint density at radius 1 is 1.39 bits per heavy atom. The fourth-order valence-electron chi connectivity index (χ4n) is 2.40. The van der Waals surface area contributed by atoms with E-state index >= 15 is 0 Å². The van der Waals surface area contributed by atoms with E-state index in [4.69, 9.17) is 4.42 Å². The van der Waals surface area contributed by atoms with Crippen molar-refractivity contribution in [2.24, 2.45) is 0 Å².